The van der Waals surface area contributed by atoms with Crippen LogP contribution >= 0.6 is 11.3 Å². The van der Waals surface area contributed by atoms with Crippen LogP contribution in [0.15, 0.2) is 28.8 Å². The second-order valence-corrected chi connectivity index (χ2v) is 5.97. The summed E-state index contributed by atoms with van der Waals surface area (Å²) in [6, 6.07) is 5.44. The first-order valence-corrected chi connectivity index (χ1v) is 8.12. The summed E-state index contributed by atoms with van der Waals surface area (Å²) in [5, 5.41) is 5.67. The molecule has 4 aromatic rings. The molecule has 0 aliphatic rings. The maximum Gasteiger partial charge on any atom is 0.294 e. The predicted octanol–water partition coefficient (Wildman–Crippen LogP) is 3.23. The predicted molar refractivity (Wildman–Crippen MR) is 93.5 cm³/mol. The molecule has 25 heavy (non-hydrogen) atoms. The Kier molecular flexibility index (Phi) is 3.71. The van der Waals surface area contributed by atoms with Gasteiger partial charge in [-0.05, 0) is 17.4 Å². The maximum absolute atomic E-state index is 5.98. The first kappa shape index (κ1) is 15.4. The van der Waals surface area contributed by atoms with E-state index in [0.717, 1.165) is 5.39 Å². The molecule has 0 N–H and O–H groups in total. The third kappa shape index (κ3) is 2.55. The number of nitrogens with zero attached hydrogens (tertiary/aromatic N) is 3. The van der Waals surface area contributed by atoms with Crippen molar-refractivity contribution in [2.45, 2.75) is 0 Å². The lowest BCUT2D eigenvalue weighted by molar-refractivity contribution is 0.367. The van der Waals surface area contributed by atoms with E-state index in [-0.39, 0.29) is 6.61 Å². The summed E-state index contributed by atoms with van der Waals surface area (Å²) >= 11 is 1.35. The Morgan fingerprint density at radius 3 is 2.92 bits per heavy atom. The van der Waals surface area contributed by atoms with Crippen molar-refractivity contribution in [2.24, 2.45) is 0 Å². The first-order valence-electron chi connectivity index (χ1n) is 7.30. The highest BCUT2D eigenvalue weighted by atomic mass is 32.1. The van der Waals surface area contributed by atoms with Crippen LogP contribution in [0.2, 0.25) is 0 Å². The maximum atomic E-state index is 5.98. The first-order chi connectivity index (χ1) is 12.2. The molecule has 0 aliphatic carbocycles. The molecule has 0 amide bonds. The Morgan fingerprint density at radius 2 is 2.16 bits per heavy atom. The van der Waals surface area contributed by atoms with E-state index < -0.39 is 0 Å². The molecule has 0 saturated carbocycles. The number of hydrogen-bond donors (Lipinski definition) is 0. The zero-order valence-electron chi connectivity index (χ0n) is 13.5. The summed E-state index contributed by atoms with van der Waals surface area (Å²) < 4.78 is 23.7. The Morgan fingerprint density at radius 1 is 1.28 bits per heavy atom. The summed E-state index contributed by atoms with van der Waals surface area (Å²) in [6.45, 7) is 0.156. The van der Waals surface area contributed by atoms with Crippen molar-refractivity contribution >= 4 is 27.3 Å². The van der Waals surface area contributed by atoms with Crippen molar-refractivity contribution in [3.05, 3.63) is 24.4 Å². The molecule has 3 heterocycles. The average Bonchev–Trinajstić information content (AvgIpc) is 3.31. The number of terminal acetylenes is 1. The Labute approximate surface area is 146 Å². The van der Waals surface area contributed by atoms with Crippen molar-refractivity contribution < 1.29 is 18.6 Å². The van der Waals surface area contributed by atoms with E-state index in [9.17, 15) is 0 Å². The third-order valence-corrected chi connectivity index (χ3v) is 4.50. The SMILES string of the molecule is C#CCOc1cc(OC)cc2oc(-c3cnc4sc(OC)nn34)cc12. The topological polar surface area (TPSA) is 71.0 Å². The van der Waals surface area contributed by atoms with Crippen molar-refractivity contribution in [3.8, 4) is 40.5 Å². The second-order valence-electron chi connectivity index (χ2n) is 5.05. The lowest BCUT2D eigenvalue weighted by atomic mass is 10.2. The highest BCUT2D eigenvalue weighted by Gasteiger charge is 2.18. The number of benzene rings is 1. The molecule has 4 rings (SSSR count). The Bertz CT molecular complexity index is 1100. The Balaban J connectivity index is 1.87. The van der Waals surface area contributed by atoms with Gasteiger partial charge in [0.05, 0.1) is 25.8 Å². The van der Waals surface area contributed by atoms with Crippen LogP contribution in [0.5, 0.6) is 16.7 Å². The lowest BCUT2D eigenvalue weighted by Gasteiger charge is -2.06. The molecule has 0 aliphatic heterocycles. The molecule has 0 spiro atoms. The van der Waals surface area contributed by atoms with Crippen LogP contribution in [0.25, 0.3) is 27.4 Å². The third-order valence-electron chi connectivity index (χ3n) is 3.61. The van der Waals surface area contributed by atoms with Crippen molar-refractivity contribution in [3.63, 3.8) is 0 Å². The van der Waals surface area contributed by atoms with Crippen molar-refractivity contribution in [1.82, 2.24) is 14.6 Å². The minimum absolute atomic E-state index is 0.156. The number of hydrogen-bond acceptors (Lipinski definition) is 7. The van der Waals surface area contributed by atoms with Gasteiger partial charge in [-0.15, -0.1) is 11.5 Å². The van der Waals surface area contributed by atoms with E-state index in [2.05, 4.69) is 16.0 Å². The quantitative estimate of drug-likeness (QED) is 0.512. The van der Waals surface area contributed by atoms with Crippen LogP contribution in [-0.2, 0) is 0 Å². The van der Waals surface area contributed by atoms with Gasteiger partial charge in [-0.1, -0.05) is 5.92 Å². The van der Waals surface area contributed by atoms with Crippen LogP contribution in [0.3, 0.4) is 0 Å². The number of imidazole rings is 1. The zero-order chi connectivity index (χ0) is 17.4. The molecular weight excluding hydrogens is 342 g/mol. The van der Waals surface area contributed by atoms with Gasteiger partial charge in [0.25, 0.3) is 5.19 Å². The van der Waals surface area contributed by atoms with E-state index in [4.69, 9.17) is 25.1 Å². The number of aromatic nitrogens is 3. The van der Waals surface area contributed by atoms with E-state index >= 15 is 0 Å². The van der Waals surface area contributed by atoms with Crippen molar-refractivity contribution in [2.75, 3.05) is 20.8 Å². The molecule has 0 bridgehead atoms. The molecule has 0 atom stereocenters. The van der Waals surface area contributed by atoms with Gasteiger partial charge in [-0.2, -0.15) is 4.52 Å². The minimum atomic E-state index is 0.156. The van der Waals surface area contributed by atoms with Crippen LogP contribution in [0.4, 0.5) is 0 Å². The molecule has 0 saturated heterocycles. The summed E-state index contributed by atoms with van der Waals surface area (Å²) in [6.07, 6.45) is 6.99. The lowest BCUT2D eigenvalue weighted by Crippen LogP contribution is -1.94. The highest BCUT2D eigenvalue weighted by molar-refractivity contribution is 7.18. The van der Waals surface area contributed by atoms with E-state index in [1.54, 1.807) is 37.1 Å². The van der Waals surface area contributed by atoms with Gasteiger partial charge in [0.15, 0.2) is 5.76 Å². The molecule has 0 unspecified atom stereocenters. The summed E-state index contributed by atoms with van der Waals surface area (Å²) in [7, 11) is 3.15. The summed E-state index contributed by atoms with van der Waals surface area (Å²) in [5.74, 6) is 4.28. The van der Waals surface area contributed by atoms with Crippen LogP contribution in [0, 0.1) is 12.3 Å². The number of ether oxygens (including phenoxy) is 3. The number of fused-ring (bicyclic) bond motifs is 2. The van der Waals surface area contributed by atoms with Gasteiger partial charge < -0.3 is 18.6 Å². The number of methoxy groups -OCH3 is 2. The highest BCUT2D eigenvalue weighted by Crippen LogP contribution is 2.37. The molecular formula is C17H13N3O4S. The van der Waals surface area contributed by atoms with Crippen LogP contribution < -0.4 is 14.2 Å². The fourth-order valence-corrected chi connectivity index (χ4v) is 3.18. The molecule has 0 radical (unpaired) electrons. The number of furan rings is 1. The fourth-order valence-electron chi connectivity index (χ4n) is 2.49. The molecule has 8 heteroatoms. The molecule has 1 aromatic carbocycles. The minimum Gasteiger partial charge on any atom is -0.496 e. The standard InChI is InChI=1S/C17H13N3O4S/c1-4-5-23-13-6-10(21-2)7-14-11(13)8-15(24-14)12-9-18-16-20(12)19-17(22-3)25-16/h1,6-9H,5H2,2-3H3. The van der Waals surface area contributed by atoms with Gasteiger partial charge in [-0.25, -0.2) is 4.98 Å². The smallest absolute Gasteiger partial charge is 0.294 e. The van der Waals surface area contributed by atoms with E-state index in [1.807, 2.05) is 6.07 Å². The van der Waals surface area contributed by atoms with Crippen LogP contribution in [-0.4, -0.2) is 35.4 Å². The van der Waals surface area contributed by atoms with E-state index in [0.29, 0.717) is 38.7 Å². The largest absolute Gasteiger partial charge is 0.496 e. The second kappa shape index (κ2) is 6.03. The molecule has 7 nitrogen and oxygen atoms in total. The molecule has 0 fully saturated rings. The van der Waals surface area contributed by atoms with Crippen molar-refractivity contribution in [1.29, 1.82) is 0 Å². The van der Waals surface area contributed by atoms with Gasteiger partial charge in [-0.3, -0.25) is 0 Å². The summed E-state index contributed by atoms with van der Waals surface area (Å²) in [4.78, 5) is 5.05. The zero-order valence-corrected chi connectivity index (χ0v) is 14.3. The van der Waals surface area contributed by atoms with Gasteiger partial charge >= 0.3 is 0 Å². The fraction of sp³-hybridized carbons (Fsp3) is 0.176. The monoisotopic (exact) mass is 355 g/mol. The average molecular weight is 355 g/mol. The Hall–Kier alpha value is -3.18. The van der Waals surface area contributed by atoms with Crippen LogP contribution in [0.1, 0.15) is 0 Å². The molecule has 126 valence electrons. The normalized spacial score (nSPS) is 10.9. The number of rotatable bonds is 5. The van der Waals surface area contributed by atoms with Gasteiger partial charge in [0.1, 0.15) is 29.4 Å². The molecule has 3 aromatic heterocycles. The summed E-state index contributed by atoms with van der Waals surface area (Å²) in [5.41, 5.74) is 1.34. The van der Waals surface area contributed by atoms with E-state index in [1.165, 1.54) is 11.3 Å². The van der Waals surface area contributed by atoms with Gasteiger partial charge in [0, 0.05) is 12.1 Å². The van der Waals surface area contributed by atoms with Gasteiger partial charge in [0.2, 0.25) is 4.96 Å².